The van der Waals surface area contributed by atoms with E-state index in [0.717, 1.165) is 71.3 Å². The Morgan fingerprint density at radius 3 is 1.86 bits per heavy atom. The van der Waals surface area contributed by atoms with Crippen LogP contribution in [0.2, 0.25) is 15.1 Å². The van der Waals surface area contributed by atoms with E-state index in [4.69, 9.17) is 69.0 Å². The second-order valence-corrected chi connectivity index (χ2v) is 36.8. The second kappa shape index (κ2) is 46.9. The zero-order chi connectivity index (χ0) is 101. The summed E-state index contributed by atoms with van der Waals surface area (Å²) >= 11 is 20.7. The lowest BCUT2D eigenvalue weighted by atomic mass is 9.84. The number of carbonyl (C=O) groups excluding carboxylic acids is 9. The van der Waals surface area contributed by atoms with Gasteiger partial charge < -0.3 is 169 Å². The van der Waals surface area contributed by atoms with Gasteiger partial charge in [-0.2, -0.15) is 0 Å². The Kier molecular flexibility index (Phi) is 35.9. The zero-order valence-electron chi connectivity index (χ0n) is 76.5. The highest BCUT2D eigenvalue weighted by molar-refractivity contribution is 6.32. The molecule has 11 bridgehead atoms. The molecule has 0 unspecified atom stereocenters. The first-order valence-electron chi connectivity index (χ1n) is 44.8. The summed E-state index contributed by atoms with van der Waals surface area (Å²) in [5.41, 5.74) is 3.92. The number of phenolic OH excluding ortho intramolecular Hbond substituents is 3. The topological polar surface area (TPSA) is 654 Å². The molecule has 0 aromatic heterocycles. The molecular weight excluding hydrogens is 1880 g/mol. The molecule has 7 aliphatic heterocycles. The third-order valence-electron chi connectivity index (χ3n) is 24.6. The molecule has 2 saturated heterocycles. The fourth-order valence-corrected chi connectivity index (χ4v) is 17.4. The molecule has 2 fully saturated rings. The van der Waals surface area contributed by atoms with Gasteiger partial charge in [0.25, 0.3) is 5.91 Å². The number of fused-ring (bicyclic) bond motifs is 15. The monoisotopic (exact) mass is 2000 g/mol. The van der Waals surface area contributed by atoms with Crippen molar-refractivity contribution in [3.63, 3.8) is 0 Å². The van der Waals surface area contributed by atoms with E-state index in [-0.39, 0.29) is 80.2 Å². The van der Waals surface area contributed by atoms with Crippen LogP contribution in [0.15, 0.2) is 121 Å². The summed E-state index contributed by atoms with van der Waals surface area (Å²) < 4.78 is 39.9. The molecule has 42 nitrogen and oxygen atoms in total. The number of aliphatic hydroxyl groups is 11. The average Bonchev–Trinajstić information content (AvgIpc) is 0.754. The average molecular weight is 2000 g/mol. The summed E-state index contributed by atoms with van der Waals surface area (Å²) in [6.07, 6.45) is -27.4. The van der Waals surface area contributed by atoms with Gasteiger partial charge in [-0.15, -0.1) is 0 Å². The molecule has 0 aliphatic carbocycles. The number of hydrogen-bond donors (Lipinski definition) is 26. The Bertz CT molecular complexity index is 5600. The third-order valence-corrected chi connectivity index (χ3v) is 25.4. The number of amides is 9. The second-order valence-electron chi connectivity index (χ2n) is 35.5. The largest absolute Gasteiger partial charge is 0.507 e. The molecule has 7 aromatic rings. The molecule has 14 rings (SSSR count). The summed E-state index contributed by atoms with van der Waals surface area (Å²) in [7, 11) is 4.99. The van der Waals surface area contributed by atoms with Crippen molar-refractivity contribution in [3.8, 4) is 68.2 Å². The lowest BCUT2D eigenvalue weighted by Gasteiger charge is -2.48. The van der Waals surface area contributed by atoms with Crippen molar-refractivity contribution in [2.75, 3.05) is 60.5 Å². The van der Waals surface area contributed by atoms with Crippen LogP contribution in [0.4, 0.5) is 0 Å². The van der Waals surface area contributed by atoms with E-state index in [1.54, 1.807) is 45.0 Å². The molecular formula is C94H116Cl3N13O29. The van der Waals surface area contributed by atoms with Crippen LogP contribution in [0.25, 0.3) is 22.3 Å². The van der Waals surface area contributed by atoms with E-state index < -0.39 is 291 Å². The lowest BCUT2D eigenvalue weighted by molar-refractivity contribution is -0.334. The van der Waals surface area contributed by atoms with E-state index in [1.165, 1.54) is 25.2 Å². The normalized spacial score (nSPS) is 25.5. The molecule has 9 amide bonds. The van der Waals surface area contributed by atoms with E-state index in [1.807, 2.05) is 50.2 Å². The number of nitrogens with two attached hydrogens (primary N) is 1. The minimum atomic E-state index is -2.43. The SMILES string of the molecule is CN[C@H](CC(C)C)C(=O)N[C@H]1C(=O)N[C@@H](CC(N)=O)C(=O)N[C@H]2C(=O)N[C@H]3C(=O)N[C@H](C(=O)N[C@H](C(=O)NCCCN(C)C)c4cc(O)c(CNCCCNC(=O)[C@H](O)[C@@H](O)[C@H](O)[C@H](O)CO)c(O)c4-c4cc3ccc4O)[C@H](O)c3ccc(c(Cl)c3)Oc3cc2cc(c3O[C@@H]2O[C@H](CO)[C@@H](O)[C@H](O)[C@H]2O[C@H]2C[C@](C)(NCc3ccc(-c4ccc(Cl)cc4)cc3)[C@H](O)[C@H](C)O2)Oc2ccc(cc2Cl)[C@H]1O. The number of hydrogen-bond acceptors (Lipinski definition) is 33. The van der Waals surface area contributed by atoms with Gasteiger partial charge in [-0.1, -0.05) is 103 Å². The smallest absolute Gasteiger partial charge is 0.251 e. The van der Waals surface area contributed by atoms with Crippen LogP contribution in [0.5, 0.6) is 46.0 Å². The van der Waals surface area contributed by atoms with Crippen LogP contribution in [0.1, 0.15) is 129 Å². The van der Waals surface area contributed by atoms with Crippen molar-refractivity contribution in [1.29, 1.82) is 0 Å². The van der Waals surface area contributed by atoms with Gasteiger partial charge >= 0.3 is 0 Å². The van der Waals surface area contributed by atoms with E-state index in [2.05, 4.69) is 58.5 Å². The van der Waals surface area contributed by atoms with Crippen molar-refractivity contribution >= 4 is 88.0 Å². The predicted molar refractivity (Wildman–Crippen MR) is 498 cm³/mol. The number of carbonyl (C=O) groups is 9. The summed E-state index contributed by atoms with van der Waals surface area (Å²) in [5.74, 6) is -16.8. The molecule has 45 heteroatoms. The number of likely N-dealkylation sites (N-methyl/N-ethyl adjacent to an activating group) is 1. The Hall–Kier alpha value is -11.3. The quantitative estimate of drug-likeness (QED) is 0.0252. The summed E-state index contributed by atoms with van der Waals surface area (Å²) in [5, 5.41) is 189. The minimum absolute atomic E-state index is 0.00350. The molecule has 139 heavy (non-hydrogen) atoms. The summed E-state index contributed by atoms with van der Waals surface area (Å²) in [4.78, 5) is 137. The van der Waals surface area contributed by atoms with Gasteiger partial charge in [-0.3, -0.25) is 43.2 Å². The molecule has 7 heterocycles. The molecule has 752 valence electrons. The van der Waals surface area contributed by atoms with Crippen molar-refractivity contribution in [2.24, 2.45) is 11.7 Å². The number of phenols is 3. The third kappa shape index (κ3) is 25.4. The van der Waals surface area contributed by atoms with Crippen molar-refractivity contribution < 1.29 is 143 Å². The van der Waals surface area contributed by atoms with E-state index in [9.17, 15) is 85.9 Å². The number of benzene rings is 7. The highest BCUT2D eigenvalue weighted by atomic mass is 35.5. The van der Waals surface area contributed by atoms with Gasteiger partial charge in [0.15, 0.2) is 30.0 Å². The number of rotatable bonds is 32. The first-order chi connectivity index (χ1) is 66.0. The molecule has 0 saturated carbocycles. The van der Waals surface area contributed by atoms with Gasteiger partial charge in [0.1, 0.15) is 114 Å². The maximum Gasteiger partial charge on any atom is 0.251 e. The molecule has 0 spiro atoms. The lowest BCUT2D eigenvalue weighted by Crippen LogP contribution is -2.65. The van der Waals surface area contributed by atoms with Gasteiger partial charge in [-0.05, 0) is 184 Å². The van der Waals surface area contributed by atoms with Crippen LogP contribution in [0.3, 0.4) is 0 Å². The van der Waals surface area contributed by atoms with Crippen LogP contribution in [-0.4, -0.2) is 293 Å². The van der Waals surface area contributed by atoms with Crippen molar-refractivity contribution in [2.45, 2.75) is 207 Å². The van der Waals surface area contributed by atoms with Crippen molar-refractivity contribution in [1.82, 2.24) is 63.4 Å². The number of aliphatic hydroxyl groups excluding tert-OH is 11. The Morgan fingerprint density at radius 2 is 1.25 bits per heavy atom. The predicted octanol–water partition coefficient (Wildman–Crippen LogP) is 0.273. The van der Waals surface area contributed by atoms with Crippen LogP contribution in [0, 0.1) is 5.92 Å². The highest BCUT2D eigenvalue weighted by Crippen LogP contribution is 2.51. The maximum atomic E-state index is 16.6. The fraction of sp³-hybridized carbons (Fsp3) is 0.457. The van der Waals surface area contributed by atoms with E-state index >= 15 is 28.8 Å². The fourth-order valence-electron chi connectivity index (χ4n) is 16.8. The van der Waals surface area contributed by atoms with E-state index in [0.29, 0.717) is 11.6 Å². The van der Waals surface area contributed by atoms with Crippen LogP contribution in [-0.2, 0) is 70.5 Å². The van der Waals surface area contributed by atoms with Gasteiger partial charge in [0, 0.05) is 54.3 Å². The zero-order valence-corrected chi connectivity index (χ0v) is 78.8. The molecule has 7 aliphatic rings. The highest BCUT2D eigenvalue weighted by Gasteiger charge is 2.53. The molecule has 7 aromatic carbocycles. The number of primary amides is 1. The van der Waals surface area contributed by atoms with Crippen molar-refractivity contribution in [3.05, 3.63) is 175 Å². The number of ether oxygens (including phenoxy) is 6. The van der Waals surface area contributed by atoms with Crippen LogP contribution >= 0.6 is 34.8 Å². The number of aromatic hydroxyl groups is 3. The number of halogens is 3. The minimum Gasteiger partial charge on any atom is -0.507 e. The molecule has 0 radical (unpaired) electrons. The molecule has 22 atom stereocenters. The maximum absolute atomic E-state index is 16.6. The molecule has 27 N–H and O–H groups in total. The summed E-state index contributed by atoms with van der Waals surface area (Å²) in [6.45, 7) is 4.54. The van der Waals surface area contributed by atoms with Crippen LogP contribution < -0.4 is 78.4 Å². The number of nitrogens with zero attached hydrogens (tertiary/aromatic N) is 1. The van der Waals surface area contributed by atoms with Gasteiger partial charge in [0.05, 0.1) is 53.5 Å². The first-order valence-corrected chi connectivity index (χ1v) is 45.9. The standard InChI is InChI=1S/C94H116Cl3N13O29/c1-41(2)28-56(99-5)85(126)108-72-74(117)47-17-22-61(54(96)30-47)135-63-32-49-33-64(82(63)139-93-83(80(123)78(121)65(40-112)137-93)138-67-36-94(4,84(125)42(3)134-67)103-37-43-10-12-44(13-11-43)45-14-19-50(95)20-15-45)136-62-23-18-48(31-55(62)97)75(118)73-91(132)107-71(87(128)101-26-9-27-110(6)7)52-34-59(114)53(38-100-24-8-25-102-92(133)81(124)79(122)77(120)60(115)39-111)76(119)68(52)51-29-46(16-21-58(51)113)69(88(129)109-73)106-89(130)70(49)105-86(127)57(35-66(98)116)104-90(72)131/h10-23,29-34,41-42,56-57,60,65,67,69-75,77-81,83-84,93,99-100,103,111-115,117-125H,8-9,24-28,35-40H2,1-7H3,(H2,98,116)(H,101,128)(H,102,133)(H,104,131)(H,105,127)(H,106,130)(H,107,132)(H,108,126)(H,109,129)/t42-,56+,57-,60+,65+,67-,69+,70+,71-,72+,73-,74+,75+,77+,78+,79-,80-,81+,83+,84+,93-,94-/m0/s1. The Labute approximate surface area is 812 Å². The summed E-state index contributed by atoms with van der Waals surface area (Å²) in [6, 6.07) is 13.4. The van der Waals surface area contributed by atoms with Gasteiger partial charge in [0.2, 0.25) is 59.3 Å². The number of nitrogens with one attached hydrogen (secondary N) is 11. The van der Waals surface area contributed by atoms with Gasteiger partial charge in [-0.25, -0.2) is 0 Å². The Balaban J connectivity index is 1.02. The first kappa shape index (κ1) is 107. The Morgan fingerprint density at radius 1 is 0.640 bits per heavy atom.